The fourth-order valence-electron chi connectivity index (χ4n) is 1.28. The zero-order valence-electron chi connectivity index (χ0n) is 9.22. The van der Waals surface area contributed by atoms with Gasteiger partial charge in [0.05, 0.1) is 13.8 Å². The van der Waals surface area contributed by atoms with Gasteiger partial charge in [-0.05, 0) is 11.8 Å². The van der Waals surface area contributed by atoms with Gasteiger partial charge < -0.3 is 5.11 Å². The first-order chi connectivity index (χ1) is 5.54. The lowest BCUT2D eigenvalue weighted by molar-refractivity contribution is -0.144. The number of carboxylic acid groups (broad SMARTS) is 1. The standard InChI is InChI=1S/C10H19BO2/c1-9(2,3)6-7(8(12)13)10(4,5)11/h7H,6H2,1-5H3,(H,12,13). The Morgan fingerprint density at radius 3 is 1.77 bits per heavy atom. The smallest absolute Gasteiger partial charge is 0.306 e. The molecule has 1 atom stereocenters. The van der Waals surface area contributed by atoms with Crippen LogP contribution in [0.5, 0.6) is 0 Å². The van der Waals surface area contributed by atoms with Crippen molar-refractivity contribution in [1.82, 2.24) is 0 Å². The highest BCUT2D eigenvalue weighted by atomic mass is 16.4. The molecule has 0 aliphatic carbocycles. The van der Waals surface area contributed by atoms with Gasteiger partial charge in [0.15, 0.2) is 0 Å². The number of aliphatic carboxylic acids is 1. The third-order valence-electron chi connectivity index (χ3n) is 2.01. The molecule has 0 aromatic heterocycles. The van der Waals surface area contributed by atoms with E-state index in [1.165, 1.54) is 0 Å². The van der Waals surface area contributed by atoms with Crippen LogP contribution in [0.25, 0.3) is 0 Å². The Bertz CT molecular complexity index is 186. The van der Waals surface area contributed by atoms with Gasteiger partial charge in [-0.3, -0.25) is 4.79 Å². The third-order valence-corrected chi connectivity index (χ3v) is 2.01. The van der Waals surface area contributed by atoms with E-state index in [0.29, 0.717) is 6.42 Å². The minimum absolute atomic E-state index is 0.000301. The number of carbonyl (C=O) groups is 1. The van der Waals surface area contributed by atoms with Crippen LogP contribution in [0.15, 0.2) is 0 Å². The van der Waals surface area contributed by atoms with E-state index in [9.17, 15) is 4.79 Å². The van der Waals surface area contributed by atoms with Crippen molar-refractivity contribution >= 4 is 13.8 Å². The molecule has 2 radical (unpaired) electrons. The van der Waals surface area contributed by atoms with Gasteiger partial charge in [0.25, 0.3) is 0 Å². The van der Waals surface area contributed by atoms with E-state index in [0.717, 1.165) is 0 Å². The lowest BCUT2D eigenvalue weighted by Crippen LogP contribution is -2.30. The zero-order chi connectivity index (χ0) is 10.9. The summed E-state index contributed by atoms with van der Waals surface area (Å²) in [4.78, 5) is 10.9. The predicted octanol–water partition coefficient (Wildman–Crippen LogP) is 2.49. The molecule has 0 saturated heterocycles. The van der Waals surface area contributed by atoms with E-state index >= 15 is 0 Å². The molecule has 0 aliphatic heterocycles. The minimum atomic E-state index is -0.803. The van der Waals surface area contributed by atoms with Gasteiger partial charge in [0.2, 0.25) is 0 Å². The molecule has 3 heteroatoms. The summed E-state index contributed by atoms with van der Waals surface area (Å²) < 4.78 is 0. The minimum Gasteiger partial charge on any atom is -0.481 e. The molecule has 0 saturated carbocycles. The molecule has 0 heterocycles. The molecule has 0 aliphatic rings. The predicted molar refractivity (Wildman–Crippen MR) is 55.0 cm³/mol. The number of carboxylic acids is 1. The quantitative estimate of drug-likeness (QED) is 0.680. The molecule has 0 amide bonds. The monoisotopic (exact) mass is 182 g/mol. The third kappa shape index (κ3) is 4.96. The first-order valence-corrected chi connectivity index (χ1v) is 4.56. The first-order valence-electron chi connectivity index (χ1n) is 4.56. The Balaban J connectivity index is 4.56. The average Bonchev–Trinajstić information content (AvgIpc) is 1.77. The van der Waals surface area contributed by atoms with Crippen LogP contribution in [-0.4, -0.2) is 18.9 Å². The number of hydrogen-bond acceptors (Lipinski definition) is 1. The van der Waals surface area contributed by atoms with E-state index in [4.69, 9.17) is 13.0 Å². The molecule has 0 rings (SSSR count). The van der Waals surface area contributed by atoms with Crippen LogP contribution in [0.1, 0.15) is 41.0 Å². The van der Waals surface area contributed by atoms with Crippen LogP contribution in [0.4, 0.5) is 0 Å². The summed E-state index contributed by atoms with van der Waals surface area (Å²) >= 11 is 0. The molecule has 1 unspecified atom stereocenters. The molecule has 1 N–H and O–H groups in total. The van der Waals surface area contributed by atoms with Crippen molar-refractivity contribution in [2.45, 2.75) is 46.4 Å². The van der Waals surface area contributed by atoms with E-state index in [2.05, 4.69) is 0 Å². The summed E-state index contributed by atoms with van der Waals surface area (Å²) in [6.07, 6.45) is 0.603. The Labute approximate surface area is 82.1 Å². The van der Waals surface area contributed by atoms with Crippen molar-refractivity contribution in [2.75, 3.05) is 0 Å². The van der Waals surface area contributed by atoms with Crippen molar-refractivity contribution < 1.29 is 9.90 Å². The van der Waals surface area contributed by atoms with E-state index in [1.807, 2.05) is 20.8 Å². The van der Waals surface area contributed by atoms with E-state index in [1.54, 1.807) is 13.8 Å². The van der Waals surface area contributed by atoms with Crippen LogP contribution < -0.4 is 0 Å². The van der Waals surface area contributed by atoms with Gasteiger partial charge in [0.1, 0.15) is 0 Å². The maximum atomic E-state index is 10.9. The normalized spacial score (nSPS) is 15.5. The summed E-state index contributed by atoms with van der Waals surface area (Å²) in [5.41, 5.74) is -0.000301. The van der Waals surface area contributed by atoms with Gasteiger partial charge in [0, 0.05) is 0 Å². The Hall–Kier alpha value is -0.465. The SMILES string of the molecule is [B]C(C)(C)C(CC(C)(C)C)C(=O)O. The maximum absolute atomic E-state index is 10.9. The molecule has 0 bridgehead atoms. The molecule has 0 aromatic carbocycles. The van der Waals surface area contributed by atoms with Crippen LogP contribution in [0.2, 0.25) is 5.31 Å². The Morgan fingerprint density at radius 2 is 1.69 bits per heavy atom. The van der Waals surface area contributed by atoms with Gasteiger partial charge in [-0.15, -0.1) is 0 Å². The average molecular weight is 182 g/mol. The van der Waals surface area contributed by atoms with Gasteiger partial charge in [-0.2, -0.15) is 0 Å². The van der Waals surface area contributed by atoms with Crippen molar-refractivity contribution in [3.8, 4) is 0 Å². The van der Waals surface area contributed by atoms with Crippen LogP contribution in [0, 0.1) is 11.3 Å². The molecule has 2 nitrogen and oxygen atoms in total. The van der Waals surface area contributed by atoms with Crippen molar-refractivity contribution in [1.29, 1.82) is 0 Å². The zero-order valence-corrected chi connectivity index (χ0v) is 9.22. The van der Waals surface area contributed by atoms with Gasteiger partial charge in [-0.25, -0.2) is 0 Å². The summed E-state index contributed by atoms with van der Waals surface area (Å²) in [6, 6.07) is 0. The largest absolute Gasteiger partial charge is 0.481 e. The second-order valence-electron chi connectivity index (χ2n) is 5.48. The molecular formula is C10H19BO2. The van der Waals surface area contributed by atoms with Crippen LogP contribution in [-0.2, 0) is 4.79 Å². The topological polar surface area (TPSA) is 37.3 Å². The fourth-order valence-corrected chi connectivity index (χ4v) is 1.28. The van der Waals surface area contributed by atoms with Crippen LogP contribution in [0.3, 0.4) is 0 Å². The highest BCUT2D eigenvalue weighted by Gasteiger charge is 2.33. The van der Waals surface area contributed by atoms with E-state index < -0.39 is 17.2 Å². The van der Waals surface area contributed by atoms with Crippen LogP contribution >= 0.6 is 0 Å². The van der Waals surface area contributed by atoms with Crippen molar-refractivity contribution in [3.05, 3.63) is 0 Å². The van der Waals surface area contributed by atoms with Crippen molar-refractivity contribution in [2.24, 2.45) is 11.3 Å². The number of hydrogen-bond donors (Lipinski definition) is 1. The summed E-state index contributed by atoms with van der Waals surface area (Å²) in [7, 11) is 5.81. The molecule has 13 heavy (non-hydrogen) atoms. The second kappa shape index (κ2) is 3.73. The fraction of sp³-hybridized carbons (Fsp3) is 0.900. The lowest BCUT2D eigenvalue weighted by Gasteiger charge is -2.32. The van der Waals surface area contributed by atoms with Gasteiger partial charge in [-0.1, -0.05) is 39.9 Å². The molecule has 0 fully saturated rings. The second-order valence-corrected chi connectivity index (χ2v) is 5.48. The lowest BCUT2D eigenvalue weighted by atomic mass is 9.60. The molecule has 0 spiro atoms. The highest BCUT2D eigenvalue weighted by molar-refractivity contribution is 6.16. The van der Waals surface area contributed by atoms with E-state index in [-0.39, 0.29) is 5.41 Å². The summed E-state index contributed by atoms with van der Waals surface area (Å²) in [5, 5.41) is 8.34. The van der Waals surface area contributed by atoms with Crippen molar-refractivity contribution in [3.63, 3.8) is 0 Å². The summed E-state index contributed by atoms with van der Waals surface area (Å²) in [6.45, 7) is 9.59. The Morgan fingerprint density at radius 1 is 1.31 bits per heavy atom. The Kier molecular flexibility index (Phi) is 3.59. The number of rotatable bonds is 3. The maximum Gasteiger partial charge on any atom is 0.306 e. The molecule has 0 aromatic rings. The highest BCUT2D eigenvalue weighted by Crippen LogP contribution is 2.38. The first kappa shape index (κ1) is 12.5. The molecule has 74 valence electrons. The molecular weight excluding hydrogens is 163 g/mol. The van der Waals surface area contributed by atoms with Gasteiger partial charge >= 0.3 is 5.97 Å². The summed E-state index contributed by atoms with van der Waals surface area (Å²) in [5.74, 6) is -1.28.